The maximum atomic E-state index is 5.83. The third-order valence-corrected chi connectivity index (χ3v) is 4.11. The zero-order chi connectivity index (χ0) is 14.5. The van der Waals surface area contributed by atoms with E-state index >= 15 is 0 Å². The second-order valence-corrected chi connectivity index (χ2v) is 5.75. The molecular formula is C17H24N2O2. The molecule has 4 heteroatoms. The average molecular weight is 288 g/mol. The second-order valence-electron chi connectivity index (χ2n) is 5.75. The standard InChI is InChI=1S/C17H24N2O2/c1-2-18-13(9-10-14-6-5-11-20-14)12-17-19-15-7-3-4-8-16(15)21-17/h3-4,7-8,13-14,18H,2,5-6,9-12H2,1H3. The van der Waals surface area contributed by atoms with E-state index in [1.165, 1.54) is 12.8 Å². The summed E-state index contributed by atoms with van der Waals surface area (Å²) in [5.74, 6) is 0.828. The molecule has 4 nitrogen and oxygen atoms in total. The monoisotopic (exact) mass is 288 g/mol. The van der Waals surface area contributed by atoms with E-state index in [0.29, 0.717) is 12.1 Å². The normalized spacial score (nSPS) is 20.1. The number of aromatic nitrogens is 1. The van der Waals surface area contributed by atoms with E-state index < -0.39 is 0 Å². The van der Waals surface area contributed by atoms with E-state index in [1.54, 1.807) is 0 Å². The summed E-state index contributed by atoms with van der Waals surface area (Å²) in [5, 5.41) is 3.54. The van der Waals surface area contributed by atoms with Gasteiger partial charge < -0.3 is 14.5 Å². The number of ether oxygens (including phenoxy) is 1. The number of hydrogen-bond donors (Lipinski definition) is 1. The zero-order valence-corrected chi connectivity index (χ0v) is 12.7. The minimum Gasteiger partial charge on any atom is -0.441 e. The van der Waals surface area contributed by atoms with Gasteiger partial charge in [-0.2, -0.15) is 0 Å². The molecule has 21 heavy (non-hydrogen) atoms. The molecule has 1 N–H and O–H groups in total. The Morgan fingerprint density at radius 1 is 1.38 bits per heavy atom. The average Bonchev–Trinajstić information content (AvgIpc) is 3.13. The first-order valence-corrected chi connectivity index (χ1v) is 8.04. The number of nitrogens with zero attached hydrogens (tertiary/aromatic N) is 1. The highest BCUT2D eigenvalue weighted by Crippen LogP contribution is 2.20. The van der Waals surface area contributed by atoms with Crippen molar-refractivity contribution in [2.24, 2.45) is 0 Å². The number of oxazole rings is 1. The SMILES string of the molecule is CCNC(CCC1CCCO1)Cc1nc2ccccc2o1. The quantitative estimate of drug-likeness (QED) is 0.849. The first kappa shape index (κ1) is 14.5. The van der Waals surface area contributed by atoms with Gasteiger partial charge in [0, 0.05) is 19.1 Å². The summed E-state index contributed by atoms with van der Waals surface area (Å²) >= 11 is 0. The van der Waals surface area contributed by atoms with Crippen LogP contribution in [0.2, 0.25) is 0 Å². The van der Waals surface area contributed by atoms with Crippen molar-refractivity contribution in [3.05, 3.63) is 30.2 Å². The highest BCUT2D eigenvalue weighted by Gasteiger charge is 2.19. The molecule has 0 spiro atoms. The molecule has 1 saturated heterocycles. The molecule has 0 saturated carbocycles. The van der Waals surface area contributed by atoms with Gasteiger partial charge in [-0.05, 0) is 44.4 Å². The molecule has 2 heterocycles. The Morgan fingerprint density at radius 2 is 2.29 bits per heavy atom. The summed E-state index contributed by atoms with van der Waals surface area (Å²) in [5.41, 5.74) is 1.82. The number of benzene rings is 1. The van der Waals surface area contributed by atoms with Crippen molar-refractivity contribution in [2.75, 3.05) is 13.2 Å². The molecule has 0 amide bonds. The number of nitrogens with one attached hydrogen (secondary N) is 1. The fraction of sp³-hybridized carbons (Fsp3) is 0.588. The molecule has 2 unspecified atom stereocenters. The van der Waals surface area contributed by atoms with Gasteiger partial charge in [0.1, 0.15) is 5.52 Å². The van der Waals surface area contributed by atoms with Gasteiger partial charge in [0.25, 0.3) is 0 Å². The molecule has 0 aliphatic carbocycles. The number of rotatable bonds is 7. The Morgan fingerprint density at radius 3 is 3.05 bits per heavy atom. The highest BCUT2D eigenvalue weighted by atomic mass is 16.5. The predicted octanol–water partition coefficient (Wildman–Crippen LogP) is 3.31. The van der Waals surface area contributed by atoms with E-state index in [0.717, 1.165) is 49.4 Å². The van der Waals surface area contributed by atoms with Crippen LogP contribution in [0.15, 0.2) is 28.7 Å². The van der Waals surface area contributed by atoms with Crippen LogP contribution in [0.4, 0.5) is 0 Å². The van der Waals surface area contributed by atoms with Crippen LogP contribution >= 0.6 is 0 Å². The summed E-state index contributed by atoms with van der Waals surface area (Å²) in [6.07, 6.45) is 5.95. The third kappa shape index (κ3) is 3.83. The first-order valence-electron chi connectivity index (χ1n) is 8.04. The topological polar surface area (TPSA) is 47.3 Å². The van der Waals surface area contributed by atoms with Gasteiger partial charge in [0.05, 0.1) is 6.10 Å². The van der Waals surface area contributed by atoms with Crippen molar-refractivity contribution >= 4 is 11.1 Å². The van der Waals surface area contributed by atoms with Crippen LogP contribution in [-0.2, 0) is 11.2 Å². The Labute approximate surface area is 125 Å². The second kappa shape index (κ2) is 7.05. The van der Waals surface area contributed by atoms with Crippen LogP contribution in [0.1, 0.15) is 38.5 Å². The van der Waals surface area contributed by atoms with Crippen LogP contribution in [0.25, 0.3) is 11.1 Å². The van der Waals surface area contributed by atoms with Crippen LogP contribution in [0.5, 0.6) is 0 Å². The number of hydrogen-bond acceptors (Lipinski definition) is 4. The van der Waals surface area contributed by atoms with Gasteiger partial charge >= 0.3 is 0 Å². The summed E-state index contributed by atoms with van der Waals surface area (Å²) in [6, 6.07) is 8.36. The van der Waals surface area contributed by atoms with Crippen molar-refractivity contribution in [1.82, 2.24) is 10.3 Å². The fourth-order valence-corrected chi connectivity index (χ4v) is 3.04. The Bertz CT molecular complexity index is 528. The van der Waals surface area contributed by atoms with Gasteiger partial charge in [0.15, 0.2) is 11.5 Å². The van der Waals surface area contributed by atoms with Gasteiger partial charge in [-0.25, -0.2) is 4.98 Å². The van der Waals surface area contributed by atoms with Crippen LogP contribution < -0.4 is 5.32 Å². The smallest absolute Gasteiger partial charge is 0.197 e. The zero-order valence-electron chi connectivity index (χ0n) is 12.7. The summed E-state index contributed by atoms with van der Waals surface area (Å²) in [7, 11) is 0. The number of para-hydroxylation sites is 2. The molecule has 2 aromatic rings. The molecule has 0 bridgehead atoms. The minimum atomic E-state index is 0.410. The van der Waals surface area contributed by atoms with Crippen LogP contribution in [0, 0.1) is 0 Å². The van der Waals surface area contributed by atoms with Crippen molar-refractivity contribution in [2.45, 2.75) is 51.2 Å². The third-order valence-electron chi connectivity index (χ3n) is 4.11. The van der Waals surface area contributed by atoms with Gasteiger partial charge in [-0.3, -0.25) is 0 Å². The van der Waals surface area contributed by atoms with Gasteiger partial charge in [-0.1, -0.05) is 19.1 Å². The molecule has 1 aromatic heterocycles. The molecule has 1 aliphatic rings. The largest absolute Gasteiger partial charge is 0.441 e. The Balaban J connectivity index is 1.60. The number of fused-ring (bicyclic) bond motifs is 1. The molecule has 1 aromatic carbocycles. The fourth-order valence-electron chi connectivity index (χ4n) is 3.04. The van der Waals surface area contributed by atoms with Crippen LogP contribution in [0.3, 0.4) is 0 Å². The highest BCUT2D eigenvalue weighted by molar-refractivity contribution is 5.72. The minimum absolute atomic E-state index is 0.410. The Kier molecular flexibility index (Phi) is 4.88. The lowest BCUT2D eigenvalue weighted by atomic mass is 10.0. The number of likely N-dealkylation sites (N-methyl/N-ethyl adjacent to an activating group) is 1. The lowest BCUT2D eigenvalue weighted by Crippen LogP contribution is -2.32. The van der Waals surface area contributed by atoms with E-state index in [-0.39, 0.29) is 0 Å². The maximum absolute atomic E-state index is 5.83. The maximum Gasteiger partial charge on any atom is 0.197 e. The lowest BCUT2D eigenvalue weighted by Gasteiger charge is -2.18. The van der Waals surface area contributed by atoms with Crippen molar-refractivity contribution in [3.63, 3.8) is 0 Å². The molecule has 114 valence electrons. The van der Waals surface area contributed by atoms with Crippen molar-refractivity contribution < 1.29 is 9.15 Å². The summed E-state index contributed by atoms with van der Waals surface area (Å²) in [6.45, 7) is 4.04. The van der Waals surface area contributed by atoms with E-state index in [9.17, 15) is 0 Å². The van der Waals surface area contributed by atoms with E-state index in [2.05, 4.69) is 17.2 Å². The Hall–Kier alpha value is -1.39. The van der Waals surface area contributed by atoms with Gasteiger partial charge in [-0.15, -0.1) is 0 Å². The van der Waals surface area contributed by atoms with E-state index in [1.807, 2.05) is 24.3 Å². The van der Waals surface area contributed by atoms with E-state index in [4.69, 9.17) is 9.15 Å². The summed E-state index contributed by atoms with van der Waals surface area (Å²) in [4.78, 5) is 4.58. The van der Waals surface area contributed by atoms with Crippen molar-refractivity contribution in [3.8, 4) is 0 Å². The first-order chi connectivity index (χ1) is 10.3. The molecule has 2 atom stereocenters. The van der Waals surface area contributed by atoms with Gasteiger partial charge in [0.2, 0.25) is 0 Å². The molecule has 1 fully saturated rings. The lowest BCUT2D eigenvalue weighted by molar-refractivity contribution is 0.0994. The molecule has 1 aliphatic heterocycles. The molecule has 3 rings (SSSR count). The predicted molar refractivity (Wildman–Crippen MR) is 83.4 cm³/mol. The summed E-state index contributed by atoms with van der Waals surface area (Å²) < 4.78 is 11.5. The van der Waals surface area contributed by atoms with Crippen LogP contribution in [-0.4, -0.2) is 30.3 Å². The molecule has 0 radical (unpaired) electrons. The van der Waals surface area contributed by atoms with Crippen molar-refractivity contribution in [1.29, 1.82) is 0 Å². The molecular weight excluding hydrogens is 264 g/mol.